The van der Waals surface area contributed by atoms with Gasteiger partial charge in [0.15, 0.2) is 12.3 Å². The monoisotopic (exact) mass is 384 g/mol. The zero-order chi connectivity index (χ0) is 19.3. The topological polar surface area (TPSA) is 64.8 Å². The lowest BCUT2D eigenvalue weighted by Crippen LogP contribution is -2.30. The minimum absolute atomic E-state index is 0.0299. The summed E-state index contributed by atoms with van der Waals surface area (Å²) in [7, 11) is 1.62. The molecule has 1 amide bonds. The summed E-state index contributed by atoms with van der Waals surface area (Å²) in [5, 5.41) is 0. The Labute approximate surface area is 165 Å². The van der Waals surface area contributed by atoms with Crippen LogP contribution in [0.1, 0.15) is 54.9 Å². The number of methoxy groups -OCH3 is 1. The minimum atomic E-state index is -0.0299. The van der Waals surface area contributed by atoms with E-state index in [0.717, 1.165) is 31.2 Å². The maximum Gasteiger partial charge on any atom is 0.275 e. The van der Waals surface area contributed by atoms with Crippen molar-refractivity contribution >= 4 is 5.91 Å². The first-order valence-corrected chi connectivity index (χ1v) is 10.2. The predicted molar refractivity (Wildman–Crippen MR) is 104 cm³/mol. The molecule has 2 aromatic rings. The molecule has 6 nitrogen and oxygen atoms in total. The van der Waals surface area contributed by atoms with Crippen LogP contribution in [0.4, 0.5) is 0 Å². The predicted octanol–water partition coefficient (Wildman–Crippen LogP) is 4.30. The summed E-state index contributed by atoms with van der Waals surface area (Å²) in [6.45, 7) is 1.86. The minimum Gasteiger partial charge on any atom is -0.497 e. The average molecular weight is 384 g/mol. The Balaban J connectivity index is 1.30. The van der Waals surface area contributed by atoms with Crippen LogP contribution < -0.4 is 9.47 Å². The molecule has 2 aliphatic rings. The van der Waals surface area contributed by atoms with Crippen LogP contribution in [0.3, 0.4) is 0 Å². The first-order valence-electron chi connectivity index (χ1n) is 10.2. The van der Waals surface area contributed by atoms with Crippen molar-refractivity contribution in [3.8, 4) is 11.5 Å². The van der Waals surface area contributed by atoms with Gasteiger partial charge in [0.05, 0.1) is 7.11 Å². The molecule has 1 atom stereocenters. The maximum absolute atomic E-state index is 12.8. The molecule has 1 aliphatic heterocycles. The molecule has 0 bridgehead atoms. The van der Waals surface area contributed by atoms with Gasteiger partial charge < -0.3 is 18.8 Å². The van der Waals surface area contributed by atoms with Gasteiger partial charge in [-0.2, -0.15) is 0 Å². The highest BCUT2D eigenvalue weighted by Gasteiger charge is 2.33. The number of rotatable bonds is 6. The second-order valence-electron chi connectivity index (χ2n) is 7.79. The lowest BCUT2D eigenvalue weighted by molar-refractivity contribution is 0.0773. The van der Waals surface area contributed by atoms with Gasteiger partial charge in [-0.15, -0.1) is 0 Å². The van der Waals surface area contributed by atoms with Crippen LogP contribution in [0.2, 0.25) is 0 Å². The van der Waals surface area contributed by atoms with Crippen molar-refractivity contribution in [2.75, 3.05) is 20.2 Å². The fourth-order valence-electron chi connectivity index (χ4n) is 4.42. The molecule has 0 spiro atoms. The van der Waals surface area contributed by atoms with Crippen LogP contribution in [0.5, 0.6) is 11.5 Å². The van der Waals surface area contributed by atoms with Gasteiger partial charge in [0, 0.05) is 13.1 Å². The van der Waals surface area contributed by atoms with Crippen molar-refractivity contribution in [2.45, 2.75) is 45.1 Å². The van der Waals surface area contributed by atoms with E-state index in [1.165, 1.54) is 38.4 Å². The van der Waals surface area contributed by atoms with E-state index in [1.54, 1.807) is 7.11 Å². The number of amides is 1. The Kier molecular flexibility index (Phi) is 5.84. The molecular weight excluding hydrogens is 356 g/mol. The molecule has 150 valence electrons. The van der Waals surface area contributed by atoms with Gasteiger partial charge in [0.25, 0.3) is 5.91 Å². The molecule has 2 fully saturated rings. The summed E-state index contributed by atoms with van der Waals surface area (Å²) in [5.74, 6) is 3.28. The summed E-state index contributed by atoms with van der Waals surface area (Å²) >= 11 is 0. The van der Waals surface area contributed by atoms with E-state index in [4.69, 9.17) is 13.9 Å². The smallest absolute Gasteiger partial charge is 0.275 e. The number of oxazole rings is 1. The lowest BCUT2D eigenvalue weighted by atomic mass is 9.80. The number of nitrogens with zero attached hydrogens (tertiary/aromatic N) is 2. The van der Waals surface area contributed by atoms with Gasteiger partial charge in [-0.25, -0.2) is 4.98 Å². The highest BCUT2D eigenvalue weighted by atomic mass is 16.5. The highest BCUT2D eigenvalue weighted by molar-refractivity contribution is 5.92. The standard InChI is InChI=1S/C22H28N2O4/c1-26-18-7-9-19(10-8-18)27-15-21-23-20(14-28-21)22(25)24-12-11-17(13-24)16-5-3-2-4-6-16/h7-10,14,16-17H,2-6,11-13,15H2,1H3/t17-/m1/s1. The molecule has 1 aromatic heterocycles. The van der Waals surface area contributed by atoms with Crippen LogP contribution in [0.15, 0.2) is 34.9 Å². The Morgan fingerprint density at radius 2 is 1.86 bits per heavy atom. The Morgan fingerprint density at radius 3 is 2.61 bits per heavy atom. The van der Waals surface area contributed by atoms with Crippen molar-refractivity contribution < 1.29 is 18.7 Å². The molecule has 4 rings (SSSR count). The molecule has 1 aliphatic carbocycles. The number of hydrogen-bond acceptors (Lipinski definition) is 5. The summed E-state index contributed by atoms with van der Waals surface area (Å²) in [6.07, 6.45) is 9.26. The molecule has 1 saturated carbocycles. The summed E-state index contributed by atoms with van der Waals surface area (Å²) in [5.41, 5.74) is 0.373. The van der Waals surface area contributed by atoms with Crippen molar-refractivity contribution in [2.24, 2.45) is 11.8 Å². The number of carbonyl (C=O) groups is 1. The number of carbonyl (C=O) groups excluding carboxylic acids is 1. The molecule has 6 heteroatoms. The van der Waals surface area contributed by atoms with Crippen LogP contribution in [0.25, 0.3) is 0 Å². The maximum atomic E-state index is 12.8. The third-order valence-corrected chi connectivity index (χ3v) is 6.02. The van der Waals surface area contributed by atoms with E-state index in [0.29, 0.717) is 23.3 Å². The summed E-state index contributed by atoms with van der Waals surface area (Å²) in [4.78, 5) is 19.1. The van der Waals surface area contributed by atoms with Crippen molar-refractivity contribution in [3.63, 3.8) is 0 Å². The number of hydrogen-bond donors (Lipinski definition) is 0. The van der Waals surface area contributed by atoms with E-state index < -0.39 is 0 Å². The van der Waals surface area contributed by atoms with Gasteiger partial charge in [0.1, 0.15) is 17.8 Å². The number of ether oxygens (including phenoxy) is 2. The van der Waals surface area contributed by atoms with Crippen LogP contribution in [-0.4, -0.2) is 36.0 Å². The third kappa shape index (κ3) is 4.32. The van der Waals surface area contributed by atoms with Crippen molar-refractivity contribution in [3.05, 3.63) is 42.1 Å². The first-order chi connectivity index (χ1) is 13.7. The molecule has 2 heterocycles. The van der Waals surface area contributed by atoms with E-state index in [1.807, 2.05) is 29.2 Å². The molecule has 0 N–H and O–H groups in total. The van der Waals surface area contributed by atoms with Crippen LogP contribution >= 0.6 is 0 Å². The summed E-state index contributed by atoms with van der Waals surface area (Å²) in [6, 6.07) is 7.30. The molecule has 0 radical (unpaired) electrons. The van der Waals surface area contributed by atoms with Gasteiger partial charge in [-0.05, 0) is 42.5 Å². The number of benzene rings is 1. The van der Waals surface area contributed by atoms with Crippen LogP contribution in [0, 0.1) is 11.8 Å². The first kappa shape index (κ1) is 18.8. The molecule has 1 aromatic carbocycles. The zero-order valence-electron chi connectivity index (χ0n) is 16.4. The van der Waals surface area contributed by atoms with E-state index in [9.17, 15) is 4.79 Å². The Bertz CT molecular complexity index is 780. The molecule has 1 saturated heterocycles. The van der Waals surface area contributed by atoms with Gasteiger partial charge in [-0.1, -0.05) is 32.1 Å². The average Bonchev–Trinajstić information content (AvgIpc) is 3.43. The van der Waals surface area contributed by atoms with Gasteiger partial charge in [-0.3, -0.25) is 4.79 Å². The van der Waals surface area contributed by atoms with E-state index >= 15 is 0 Å². The van der Waals surface area contributed by atoms with Crippen molar-refractivity contribution in [1.82, 2.24) is 9.88 Å². The summed E-state index contributed by atoms with van der Waals surface area (Å²) < 4.78 is 16.2. The highest BCUT2D eigenvalue weighted by Crippen LogP contribution is 2.35. The lowest BCUT2D eigenvalue weighted by Gasteiger charge is -2.27. The largest absolute Gasteiger partial charge is 0.497 e. The van der Waals surface area contributed by atoms with Crippen molar-refractivity contribution in [1.29, 1.82) is 0 Å². The van der Waals surface area contributed by atoms with Gasteiger partial charge >= 0.3 is 0 Å². The van der Waals surface area contributed by atoms with Crippen LogP contribution in [-0.2, 0) is 6.61 Å². The zero-order valence-corrected chi connectivity index (χ0v) is 16.4. The normalized spacial score (nSPS) is 20.3. The molecule has 28 heavy (non-hydrogen) atoms. The number of likely N-dealkylation sites (tertiary alicyclic amines) is 1. The van der Waals surface area contributed by atoms with E-state index in [2.05, 4.69) is 4.98 Å². The fourth-order valence-corrected chi connectivity index (χ4v) is 4.42. The number of aromatic nitrogens is 1. The molecule has 0 unspecified atom stereocenters. The third-order valence-electron chi connectivity index (χ3n) is 6.02. The molecular formula is C22H28N2O4. The van der Waals surface area contributed by atoms with E-state index in [-0.39, 0.29) is 12.5 Å². The Morgan fingerprint density at radius 1 is 1.11 bits per heavy atom. The quantitative estimate of drug-likeness (QED) is 0.743. The second kappa shape index (κ2) is 8.67. The SMILES string of the molecule is COc1ccc(OCc2nc(C(=O)N3CC[C@@H](C4CCCCC4)C3)co2)cc1. The van der Waals surface area contributed by atoms with Gasteiger partial charge in [0.2, 0.25) is 5.89 Å². The Hall–Kier alpha value is -2.50. The second-order valence-corrected chi connectivity index (χ2v) is 7.79. The fraction of sp³-hybridized carbons (Fsp3) is 0.545.